The molecule has 0 saturated heterocycles. The van der Waals surface area contributed by atoms with Gasteiger partial charge in [-0.25, -0.2) is 18.0 Å². The molecular weight excluding hydrogens is 180 g/mol. The van der Waals surface area contributed by atoms with Crippen LogP contribution in [0.1, 0.15) is 11.8 Å². The van der Waals surface area contributed by atoms with Crippen LogP contribution in [0.2, 0.25) is 0 Å². The molecule has 0 aliphatic rings. The first-order valence-electron chi connectivity index (χ1n) is 2.91. The first-order chi connectivity index (χ1) is 5.54. The number of carboxylic acids is 1. The Bertz CT molecular complexity index is 346. The van der Waals surface area contributed by atoms with E-state index in [1.807, 2.05) is 0 Å². The number of carbonyl (C=O) groups is 1. The van der Waals surface area contributed by atoms with Crippen LogP contribution in [-0.4, -0.2) is 11.1 Å². The Balaban J connectivity index is 0. The van der Waals surface area contributed by atoms with Gasteiger partial charge >= 0.3 is 24.8 Å². The molecule has 0 unspecified atom stereocenters. The largest absolute Gasteiger partial charge is 1.00 e. The third kappa shape index (κ3) is 2.26. The summed E-state index contributed by atoms with van der Waals surface area (Å²) in [4.78, 5) is 10.2. The van der Waals surface area contributed by atoms with Crippen LogP contribution in [0, 0.1) is 17.5 Å². The monoisotopic (exact) mass is 184 g/mol. The van der Waals surface area contributed by atoms with Crippen molar-refractivity contribution in [3.63, 3.8) is 0 Å². The minimum atomic E-state index is -1.77. The minimum absolute atomic E-state index is 0. The van der Waals surface area contributed by atoms with Gasteiger partial charge in [0.05, 0.1) is 5.56 Å². The Kier molecular flexibility index (Phi) is 4.04. The molecule has 1 aromatic rings. The molecule has 0 spiro atoms. The van der Waals surface area contributed by atoms with Crippen LogP contribution in [-0.2, 0) is 0 Å². The van der Waals surface area contributed by atoms with E-state index in [4.69, 9.17) is 5.11 Å². The van der Waals surface area contributed by atoms with Crippen molar-refractivity contribution in [2.45, 2.75) is 0 Å². The van der Waals surface area contributed by atoms with Crippen LogP contribution < -0.4 is 18.9 Å². The number of carboxylic acid groups (broad SMARTS) is 1. The molecule has 0 fully saturated rings. The van der Waals surface area contributed by atoms with E-state index in [9.17, 15) is 18.0 Å². The van der Waals surface area contributed by atoms with Crippen LogP contribution in [0.5, 0.6) is 0 Å². The first kappa shape index (κ1) is 12.1. The fourth-order valence-corrected chi connectivity index (χ4v) is 0.691. The van der Waals surface area contributed by atoms with Crippen LogP contribution >= 0.6 is 0 Å². The molecule has 0 radical (unpaired) electrons. The minimum Gasteiger partial charge on any atom is -1.00 e. The van der Waals surface area contributed by atoms with Gasteiger partial charge in [-0.3, -0.25) is 0 Å². The maximum Gasteiger partial charge on any atom is 1.00 e. The molecule has 2 nitrogen and oxygen atoms in total. The summed E-state index contributed by atoms with van der Waals surface area (Å²) in [5, 5.41) is 8.25. The average molecular weight is 184 g/mol. The summed E-state index contributed by atoms with van der Waals surface area (Å²) in [5.74, 6) is -6.48. The quantitative estimate of drug-likeness (QED) is 0.445. The zero-order valence-corrected chi connectivity index (χ0v) is 6.64. The zero-order valence-electron chi connectivity index (χ0n) is 7.64. The Morgan fingerprint density at radius 1 is 1.23 bits per heavy atom. The fraction of sp³-hybridized carbons (Fsp3) is 0. The molecular formula is C7H4F3LiO2. The second kappa shape index (κ2) is 4.35. The van der Waals surface area contributed by atoms with E-state index < -0.39 is 29.0 Å². The maximum absolute atomic E-state index is 12.5. The molecule has 0 atom stereocenters. The third-order valence-electron chi connectivity index (χ3n) is 1.27. The second-order valence-electron chi connectivity index (χ2n) is 2.03. The van der Waals surface area contributed by atoms with E-state index in [2.05, 4.69) is 0 Å². The number of rotatable bonds is 1. The standard InChI is InChI=1S/C7H3F3O2.Li.H/c8-4-2-1-3(7(11)12)5(9)6(4)10;;/h1-2H,(H,11,12);;/q;+1;-1. The van der Waals surface area contributed by atoms with Gasteiger partial charge in [0.25, 0.3) is 0 Å². The van der Waals surface area contributed by atoms with Gasteiger partial charge in [-0.1, -0.05) is 0 Å². The molecule has 0 aliphatic carbocycles. The van der Waals surface area contributed by atoms with Crippen molar-refractivity contribution in [2.75, 3.05) is 0 Å². The summed E-state index contributed by atoms with van der Waals surface area (Å²) >= 11 is 0. The Hall–Kier alpha value is -0.923. The Morgan fingerprint density at radius 2 is 1.77 bits per heavy atom. The number of aromatic carboxylic acids is 1. The molecule has 1 rings (SSSR count). The van der Waals surface area contributed by atoms with E-state index in [1.54, 1.807) is 0 Å². The van der Waals surface area contributed by atoms with Gasteiger partial charge in [0.1, 0.15) is 0 Å². The van der Waals surface area contributed by atoms with Gasteiger partial charge in [0.15, 0.2) is 17.5 Å². The molecule has 0 aliphatic heterocycles. The van der Waals surface area contributed by atoms with Crippen LogP contribution in [0.15, 0.2) is 12.1 Å². The molecule has 66 valence electrons. The van der Waals surface area contributed by atoms with Crippen molar-refractivity contribution in [3.8, 4) is 0 Å². The number of hydrogen-bond donors (Lipinski definition) is 1. The summed E-state index contributed by atoms with van der Waals surface area (Å²) in [6.45, 7) is 0. The molecule has 0 bridgehead atoms. The molecule has 0 saturated carbocycles. The van der Waals surface area contributed by atoms with Crippen molar-refractivity contribution in [3.05, 3.63) is 35.1 Å². The molecule has 0 heterocycles. The van der Waals surface area contributed by atoms with E-state index in [-0.39, 0.29) is 20.3 Å². The Morgan fingerprint density at radius 3 is 2.23 bits per heavy atom. The normalized spacial score (nSPS) is 9.15. The van der Waals surface area contributed by atoms with Gasteiger partial charge in [-0.05, 0) is 12.1 Å². The smallest absolute Gasteiger partial charge is 1.00 e. The van der Waals surface area contributed by atoms with Crippen molar-refractivity contribution < 1.29 is 43.4 Å². The van der Waals surface area contributed by atoms with Gasteiger partial charge in [-0.2, -0.15) is 0 Å². The van der Waals surface area contributed by atoms with Crippen molar-refractivity contribution in [1.29, 1.82) is 0 Å². The van der Waals surface area contributed by atoms with E-state index in [1.165, 1.54) is 0 Å². The molecule has 1 aromatic carbocycles. The number of halogens is 3. The Labute approximate surface area is 85.0 Å². The van der Waals surface area contributed by atoms with Crippen molar-refractivity contribution in [1.82, 2.24) is 0 Å². The molecule has 6 heteroatoms. The zero-order chi connectivity index (χ0) is 9.30. The fourth-order valence-electron chi connectivity index (χ4n) is 0.691. The van der Waals surface area contributed by atoms with Crippen LogP contribution in [0.3, 0.4) is 0 Å². The topological polar surface area (TPSA) is 37.3 Å². The van der Waals surface area contributed by atoms with E-state index in [0.717, 1.165) is 0 Å². The van der Waals surface area contributed by atoms with E-state index in [0.29, 0.717) is 12.1 Å². The predicted molar refractivity (Wildman–Crippen MR) is 34.4 cm³/mol. The van der Waals surface area contributed by atoms with Gasteiger partial charge in [0, 0.05) is 0 Å². The van der Waals surface area contributed by atoms with Crippen molar-refractivity contribution >= 4 is 5.97 Å². The van der Waals surface area contributed by atoms with E-state index >= 15 is 0 Å². The summed E-state index contributed by atoms with van der Waals surface area (Å²) in [6.07, 6.45) is 0. The maximum atomic E-state index is 12.5. The SMILES string of the molecule is O=C(O)c1ccc(F)c(F)c1F.[H-].[Li+]. The van der Waals surface area contributed by atoms with Crippen LogP contribution in [0.25, 0.3) is 0 Å². The predicted octanol–water partition coefficient (Wildman–Crippen LogP) is -1.08. The second-order valence-corrected chi connectivity index (χ2v) is 2.03. The number of hydrogen-bond acceptors (Lipinski definition) is 1. The summed E-state index contributed by atoms with van der Waals surface area (Å²) < 4.78 is 37.1. The third-order valence-corrected chi connectivity index (χ3v) is 1.27. The average Bonchev–Trinajstić information content (AvgIpc) is 2.00. The molecule has 0 aromatic heterocycles. The molecule has 0 amide bonds. The van der Waals surface area contributed by atoms with Crippen molar-refractivity contribution in [2.24, 2.45) is 0 Å². The summed E-state index contributed by atoms with van der Waals surface area (Å²) in [6, 6.07) is 1.22. The first-order valence-corrected chi connectivity index (χ1v) is 2.91. The van der Waals surface area contributed by atoms with Gasteiger partial charge in [0.2, 0.25) is 0 Å². The van der Waals surface area contributed by atoms with Gasteiger partial charge < -0.3 is 6.53 Å². The summed E-state index contributed by atoms with van der Waals surface area (Å²) in [7, 11) is 0. The van der Waals surface area contributed by atoms with Crippen LogP contribution in [0.4, 0.5) is 13.2 Å². The molecule has 13 heavy (non-hydrogen) atoms. The molecule has 1 N–H and O–H groups in total. The van der Waals surface area contributed by atoms with Gasteiger partial charge in [-0.15, -0.1) is 0 Å². The number of benzene rings is 1. The summed E-state index contributed by atoms with van der Waals surface area (Å²) in [5.41, 5.74) is -0.881.